The number of aryl methyl sites for hydroxylation is 1. The van der Waals surface area contributed by atoms with Crippen LogP contribution in [0, 0.1) is 40.9 Å². The predicted molar refractivity (Wildman–Crippen MR) is 181 cm³/mol. The average Bonchev–Trinajstić information content (AvgIpc) is 3.61. The molecule has 5 aliphatic rings. The summed E-state index contributed by atoms with van der Waals surface area (Å²) in [5, 5.41) is 34.0. The highest BCUT2D eigenvalue weighted by molar-refractivity contribution is 5.89. The molecule has 3 heterocycles. The maximum atomic E-state index is 13.5. The molecule has 2 saturated carbocycles. The van der Waals surface area contributed by atoms with Crippen LogP contribution in [0.5, 0.6) is 0 Å². The van der Waals surface area contributed by atoms with E-state index >= 15 is 0 Å². The number of aliphatic hydroxyl groups excluding tert-OH is 3. The van der Waals surface area contributed by atoms with Gasteiger partial charge in [-0.1, -0.05) is 25.5 Å². The fourth-order valence-corrected chi connectivity index (χ4v) is 10.6. The number of rotatable bonds is 9. The number of carbonyl (C=O) groups excluding carboxylic acids is 3. The van der Waals surface area contributed by atoms with Gasteiger partial charge in [-0.05, 0) is 75.8 Å². The summed E-state index contributed by atoms with van der Waals surface area (Å²) in [6.45, 7) is 11.0. The molecule has 12 atom stereocenters. The van der Waals surface area contributed by atoms with Crippen LogP contribution in [0.15, 0.2) is 35.1 Å². The van der Waals surface area contributed by atoms with Crippen molar-refractivity contribution in [1.82, 2.24) is 4.98 Å². The number of aromatic nitrogens is 1. The van der Waals surface area contributed by atoms with E-state index in [0.717, 1.165) is 17.7 Å². The number of aromatic amines is 1. The Hall–Kier alpha value is -3.23. The Morgan fingerprint density at radius 1 is 1.08 bits per heavy atom. The zero-order valence-electron chi connectivity index (χ0n) is 30.6. The number of allylic oxidation sites excluding steroid dienone is 2. The molecule has 1 unspecified atom stereocenters. The highest BCUT2D eigenvalue weighted by Crippen LogP contribution is 2.70. The van der Waals surface area contributed by atoms with Gasteiger partial charge in [0.1, 0.15) is 18.4 Å². The van der Waals surface area contributed by atoms with Crippen molar-refractivity contribution in [3.05, 3.63) is 46.5 Å². The van der Waals surface area contributed by atoms with E-state index in [1.54, 1.807) is 19.2 Å². The summed E-state index contributed by atoms with van der Waals surface area (Å²) in [4.78, 5) is 41.6. The van der Waals surface area contributed by atoms with Gasteiger partial charge in [-0.15, -0.1) is 0 Å². The van der Waals surface area contributed by atoms with Gasteiger partial charge >= 0.3 is 17.9 Å². The largest absolute Gasteiger partial charge is 0.502 e. The second-order valence-electron chi connectivity index (χ2n) is 15.8. The van der Waals surface area contributed by atoms with Crippen molar-refractivity contribution in [3.63, 3.8) is 0 Å². The highest BCUT2D eigenvalue weighted by atomic mass is 16.7. The Morgan fingerprint density at radius 2 is 1.82 bits per heavy atom. The monoisotopic (exact) mass is 715 g/mol. The van der Waals surface area contributed by atoms with Gasteiger partial charge in [-0.2, -0.15) is 0 Å². The fourth-order valence-electron chi connectivity index (χ4n) is 10.6. The Labute approximate surface area is 298 Å². The van der Waals surface area contributed by atoms with Crippen LogP contribution in [-0.2, 0) is 38.0 Å². The van der Waals surface area contributed by atoms with E-state index in [9.17, 15) is 29.7 Å². The second kappa shape index (κ2) is 14.0. The summed E-state index contributed by atoms with van der Waals surface area (Å²) in [5.41, 5.74) is -0.513. The lowest BCUT2D eigenvalue weighted by molar-refractivity contribution is -0.285. The topological polar surface area (TPSA) is 183 Å². The van der Waals surface area contributed by atoms with E-state index in [2.05, 4.69) is 11.9 Å². The molecule has 13 heteroatoms. The molecule has 0 bridgehead atoms. The number of aliphatic hydroxyl groups is 3. The summed E-state index contributed by atoms with van der Waals surface area (Å²) < 4.78 is 35.6. The Morgan fingerprint density at radius 3 is 2.43 bits per heavy atom. The summed E-state index contributed by atoms with van der Waals surface area (Å²) >= 11 is 0. The molecule has 0 aromatic carbocycles. The number of fused-ring (bicyclic) bond motifs is 3. The normalized spacial score (nSPS) is 40.9. The minimum atomic E-state index is -1.59. The third kappa shape index (κ3) is 6.32. The summed E-state index contributed by atoms with van der Waals surface area (Å²) in [7, 11) is 1.65. The zero-order chi connectivity index (χ0) is 37.0. The van der Waals surface area contributed by atoms with E-state index in [4.69, 9.17) is 28.4 Å². The number of esters is 3. The lowest BCUT2D eigenvalue weighted by atomic mass is 9.38. The highest BCUT2D eigenvalue weighted by Gasteiger charge is 2.70. The molecule has 6 rings (SSSR count). The molecule has 2 aliphatic heterocycles. The number of methoxy groups -OCH3 is 1. The van der Waals surface area contributed by atoms with Crippen LogP contribution in [-0.4, -0.2) is 95.5 Å². The number of carbonyl (C=O) groups is 3. The van der Waals surface area contributed by atoms with Gasteiger partial charge in [-0.3, -0.25) is 4.79 Å². The smallest absolute Gasteiger partial charge is 0.376 e. The van der Waals surface area contributed by atoms with Crippen LogP contribution in [0.1, 0.15) is 89.3 Å². The summed E-state index contributed by atoms with van der Waals surface area (Å²) in [6, 6.07) is 3.44. The van der Waals surface area contributed by atoms with E-state index < -0.39 is 76.5 Å². The van der Waals surface area contributed by atoms with Crippen LogP contribution < -0.4 is 0 Å². The second-order valence-corrected chi connectivity index (χ2v) is 15.8. The van der Waals surface area contributed by atoms with E-state index in [1.807, 2.05) is 33.8 Å². The van der Waals surface area contributed by atoms with Crippen molar-refractivity contribution in [2.75, 3.05) is 20.3 Å². The average molecular weight is 716 g/mol. The van der Waals surface area contributed by atoms with Gasteiger partial charge in [0, 0.05) is 43.9 Å². The van der Waals surface area contributed by atoms with Crippen molar-refractivity contribution in [2.24, 2.45) is 34.0 Å². The van der Waals surface area contributed by atoms with Crippen molar-refractivity contribution in [1.29, 1.82) is 0 Å². The van der Waals surface area contributed by atoms with Gasteiger partial charge in [0.2, 0.25) is 12.0 Å². The molecule has 3 fully saturated rings. The first-order chi connectivity index (χ1) is 24.1. The summed E-state index contributed by atoms with van der Waals surface area (Å²) in [6.07, 6.45) is 0.680. The van der Waals surface area contributed by atoms with Gasteiger partial charge in [0.25, 0.3) is 0 Å². The molecular formula is C38H53NO12. The Kier molecular flexibility index (Phi) is 10.3. The minimum Gasteiger partial charge on any atom is -0.502 e. The van der Waals surface area contributed by atoms with Gasteiger partial charge < -0.3 is 48.7 Å². The van der Waals surface area contributed by atoms with Gasteiger partial charge in [-0.25, -0.2) is 9.59 Å². The number of nitrogens with one attached hydrogen (secondary N) is 1. The number of ether oxygens (including phenoxy) is 6. The van der Waals surface area contributed by atoms with Crippen LogP contribution in [0.4, 0.5) is 0 Å². The van der Waals surface area contributed by atoms with Crippen molar-refractivity contribution in [3.8, 4) is 0 Å². The molecule has 0 amide bonds. The van der Waals surface area contributed by atoms with Crippen LogP contribution >= 0.6 is 0 Å². The molecule has 3 aliphatic carbocycles. The zero-order valence-corrected chi connectivity index (χ0v) is 30.6. The van der Waals surface area contributed by atoms with E-state index in [0.29, 0.717) is 25.7 Å². The molecule has 1 aromatic rings. The molecule has 1 aromatic heterocycles. The molecular weight excluding hydrogens is 662 g/mol. The third-order valence-electron chi connectivity index (χ3n) is 13.1. The first kappa shape index (κ1) is 37.5. The number of cyclic esters (lactones) is 1. The lowest BCUT2D eigenvalue weighted by Crippen LogP contribution is -2.69. The Bertz CT molecular complexity index is 1580. The molecule has 1 saturated heterocycles. The molecule has 0 radical (unpaired) electrons. The minimum absolute atomic E-state index is 0.0126. The van der Waals surface area contributed by atoms with E-state index in [-0.39, 0.29) is 49.0 Å². The van der Waals surface area contributed by atoms with Crippen LogP contribution in [0.3, 0.4) is 0 Å². The number of hydrogen-bond acceptors (Lipinski definition) is 12. The maximum absolute atomic E-state index is 13.5. The molecule has 0 spiro atoms. The van der Waals surface area contributed by atoms with Crippen molar-refractivity contribution < 1.29 is 58.1 Å². The van der Waals surface area contributed by atoms with Gasteiger partial charge in [0.15, 0.2) is 6.29 Å². The van der Waals surface area contributed by atoms with E-state index in [1.165, 1.54) is 6.92 Å². The quantitative estimate of drug-likeness (QED) is 0.161. The summed E-state index contributed by atoms with van der Waals surface area (Å²) in [5.74, 6) is -3.84. The first-order valence-electron chi connectivity index (χ1n) is 18.0. The van der Waals surface area contributed by atoms with Crippen LogP contribution in [0.25, 0.3) is 0 Å². The lowest BCUT2D eigenvalue weighted by Gasteiger charge is -2.68. The fraction of sp³-hybridized carbons (Fsp3) is 0.711. The molecule has 4 N–H and O–H groups in total. The molecule has 51 heavy (non-hydrogen) atoms. The standard InChI is InChI=1S/C38H53NO12/c1-19-8-12-25-36(5,31(19)30-32(42)35(45)51-34(30)44)15-14-26-37(25,6)27(41)16-28(50-22(4)40)38(26,18-48-33(43)23-10-9-20(2)39-23)17-47-29-13-11-24(46-7)21(3)49-29/h8-10,21,24-29,31,34,39,41-42,44H,11-18H2,1-7H3/t21-,24+,25+,26-,27-,28+,29+,31-,34?,36+,37-,38+/m0/s1. The van der Waals surface area contributed by atoms with Crippen LogP contribution in [0.2, 0.25) is 0 Å². The number of hydrogen-bond donors (Lipinski definition) is 4. The molecule has 13 nitrogen and oxygen atoms in total. The first-order valence-corrected chi connectivity index (χ1v) is 18.0. The SMILES string of the molecule is CO[C@@H]1CC[C@H](OC[C@@]2(COC(=O)c3ccc(C)[nH]3)[C@H]3CC[C@@]4(C)[C@H](C5=C(O)C(=O)OC5O)C(C)=CC[C@H]4[C@]3(C)[C@@H](O)C[C@H]2OC(C)=O)O[C@H]1C. The molecule has 282 valence electrons. The third-order valence-corrected chi connectivity index (χ3v) is 13.1. The van der Waals surface area contributed by atoms with Crippen molar-refractivity contribution >= 4 is 17.9 Å². The maximum Gasteiger partial charge on any atom is 0.376 e. The Balaban J connectivity index is 1.42. The number of H-pyrrole nitrogens is 1. The predicted octanol–water partition coefficient (Wildman–Crippen LogP) is 4.41. The van der Waals surface area contributed by atoms with Gasteiger partial charge in [0.05, 0.1) is 35.9 Å². The van der Waals surface area contributed by atoms with Crippen molar-refractivity contribution in [2.45, 2.75) is 117 Å².